The first-order valence-electron chi connectivity index (χ1n) is 11.0. The summed E-state index contributed by atoms with van der Waals surface area (Å²) >= 11 is 12.5. The predicted octanol–water partition coefficient (Wildman–Crippen LogP) is 4.97. The summed E-state index contributed by atoms with van der Waals surface area (Å²) in [5, 5.41) is 4.12. The SMILES string of the molecule is CCCCOC(Cn1cc[n+](CC(=O)NCc2ccc(OC)cc2)c1)c1ccc(Cl)cc1Cl. The number of aromatic nitrogens is 2. The first-order valence-corrected chi connectivity index (χ1v) is 11.7. The number of amides is 1. The lowest BCUT2D eigenvalue weighted by atomic mass is 10.1. The third-order valence-electron chi connectivity index (χ3n) is 5.22. The molecular formula is C25H30Cl2N3O3+. The highest BCUT2D eigenvalue weighted by molar-refractivity contribution is 6.35. The van der Waals surface area contributed by atoms with Gasteiger partial charge in [-0.05, 0) is 36.2 Å². The number of ether oxygens (including phenoxy) is 2. The Bertz CT molecular complexity index is 1040. The van der Waals surface area contributed by atoms with Crippen LogP contribution in [0.15, 0.2) is 61.2 Å². The van der Waals surface area contributed by atoms with Crippen LogP contribution in [0.25, 0.3) is 0 Å². The normalized spacial score (nSPS) is 11.9. The van der Waals surface area contributed by atoms with E-state index in [4.69, 9.17) is 32.7 Å². The molecule has 0 aliphatic heterocycles. The second-order valence-electron chi connectivity index (χ2n) is 7.79. The van der Waals surface area contributed by atoms with E-state index in [1.165, 1.54) is 0 Å². The third kappa shape index (κ3) is 7.77. The number of hydrogen-bond donors (Lipinski definition) is 1. The van der Waals surface area contributed by atoms with Crippen molar-refractivity contribution >= 4 is 29.1 Å². The molecule has 0 bridgehead atoms. The molecule has 0 aliphatic rings. The summed E-state index contributed by atoms with van der Waals surface area (Å²) in [4.78, 5) is 12.4. The Morgan fingerprint density at radius 1 is 1.18 bits per heavy atom. The Labute approximate surface area is 205 Å². The Balaban J connectivity index is 1.58. The lowest BCUT2D eigenvalue weighted by Gasteiger charge is -2.18. The topological polar surface area (TPSA) is 56.4 Å². The molecule has 1 atom stereocenters. The number of carbonyl (C=O) groups excluding carboxylic acids is 1. The summed E-state index contributed by atoms with van der Waals surface area (Å²) in [6.45, 7) is 4.04. The first-order chi connectivity index (χ1) is 16.0. The van der Waals surface area contributed by atoms with E-state index >= 15 is 0 Å². The number of methoxy groups -OCH3 is 1. The average molecular weight is 491 g/mol. The summed E-state index contributed by atoms with van der Waals surface area (Å²) in [6.07, 6.45) is 7.51. The fraction of sp³-hybridized carbons (Fsp3) is 0.360. The zero-order chi connectivity index (χ0) is 23.6. The number of halogens is 2. The van der Waals surface area contributed by atoms with E-state index in [1.54, 1.807) is 13.2 Å². The van der Waals surface area contributed by atoms with E-state index in [-0.39, 0.29) is 18.6 Å². The molecule has 0 saturated carbocycles. The largest absolute Gasteiger partial charge is 0.497 e. The molecule has 1 amide bonds. The first kappa shape index (κ1) is 25.1. The van der Waals surface area contributed by atoms with Crippen LogP contribution < -0.4 is 14.6 Å². The maximum absolute atomic E-state index is 12.4. The van der Waals surface area contributed by atoms with Crippen molar-refractivity contribution < 1.29 is 18.8 Å². The maximum Gasteiger partial charge on any atom is 0.262 e. The van der Waals surface area contributed by atoms with Gasteiger partial charge in [0.1, 0.15) is 30.8 Å². The summed E-state index contributed by atoms with van der Waals surface area (Å²) in [5.41, 5.74) is 1.91. The average Bonchev–Trinajstić information content (AvgIpc) is 3.24. The molecular weight excluding hydrogens is 461 g/mol. The highest BCUT2D eigenvalue weighted by Gasteiger charge is 2.20. The molecule has 176 valence electrons. The minimum atomic E-state index is -0.217. The van der Waals surface area contributed by atoms with E-state index in [1.807, 2.05) is 64.3 Å². The van der Waals surface area contributed by atoms with E-state index in [9.17, 15) is 4.79 Å². The molecule has 1 unspecified atom stereocenters. The van der Waals surface area contributed by atoms with Crippen molar-refractivity contribution in [1.29, 1.82) is 0 Å². The number of imidazole rings is 1. The van der Waals surface area contributed by atoms with Crippen molar-refractivity contribution in [1.82, 2.24) is 9.88 Å². The van der Waals surface area contributed by atoms with Crippen molar-refractivity contribution in [2.75, 3.05) is 13.7 Å². The van der Waals surface area contributed by atoms with Crippen LogP contribution in [0.4, 0.5) is 0 Å². The molecule has 1 heterocycles. The van der Waals surface area contributed by atoms with Crippen LogP contribution in [0.1, 0.15) is 37.0 Å². The van der Waals surface area contributed by atoms with Crippen molar-refractivity contribution in [2.45, 2.75) is 45.5 Å². The molecule has 8 heteroatoms. The van der Waals surface area contributed by atoms with E-state index in [0.29, 0.717) is 29.7 Å². The maximum atomic E-state index is 12.4. The van der Waals surface area contributed by atoms with Gasteiger partial charge in [0.2, 0.25) is 6.33 Å². The van der Waals surface area contributed by atoms with E-state index in [0.717, 1.165) is 29.7 Å². The van der Waals surface area contributed by atoms with Crippen molar-refractivity contribution in [3.63, 3.8) is 0 Å². The zero-order valence-corrected chi connectivity index (χ0v) is 20.5. The lowest BCUT2D eigenvalue weighted by molar-refractivity contribution is -0.684. The molecule has 0 radical (unpaired) electrons. The van der Waals surface area contributed by atoms with Gasteiger partial charge < -0.3 is 14.8 Å². The second kappa shape index (κ2) is 12.6. The molecule has 0 spiro atoms. The van der Waals surface area contributed by atoms with Gasteiger partial charge in [-0.2, -0.15) is 0 Å². The smallest absolute Gasteiger partial charge is 0.262 e. The highest BCUT2D eigenvalue weighted by Crippen LogP contribution is 2.29. The van der Waals surface area contributed by atoms with Gasteiger partial charge in [0, 0.05) is 28.8 Å². The van der Waals surface area contributed by atoms with Gasteiger partial charge in [-0.1, -0.05) is 54.7 Å². The number of benzene rings is 2. The third-order valence-corrected chi connectivity index (χ3v) is 5.79. The number of rotatable bonds is 12. The Morgan fingerprint density at radius 3 is 2.67 bits per heavy atom. The molecule has 1 aromatic heterocycles. The zero-order valence-electron chi connectivity index (χ0n) is 19.0. The van der Waals surface area contributed by atoms with Crippen LogP contribution in [0.2, 0.25) is 10.0 Å². The molecule has 3 aromatic rings. The van der Waals surface area contributed by atoms with E-state index in [2.05, 4.69) is 12.2 Å². The summed E-state index contributed by atoms with van der Waals surface area (Å²) in [7, 11) is 1.63. The van der Waals surface area contributed by atoms with Gasteiger partial charge >= 0.3 is 0 Å². The summed E-state index contributed by atoms with van der Waals surface area (Å²) in [6, 6.07) is 13.1. The second-order valence-corrected chi connectivity index (χ2v) is 8.63. The standard InChI is InChI=1S/C25H29Cl2N3O3/c1-3-4-13-33-24(22-10-7-20(26)14-23(22)27)16-29-11-12-30(18-29)17-25(31)28-15-19-5-8-21(32-2)9-6-19/h5-12,14,18,24H,3-4,13,15-17H2,1-2H3/p+1. The van der Waals surface area contributed by atoms with Gasteiger partial charge in [-0.25, -0.2) is 9.13 Å². The molecule has 0 fully saturated rings. The lowest BCUT2D eigenvalue weighted by Crippen LogP contribution is -2.41. The molecule has 6 nitrogen and oxygen atoms in total. The fourth-order valence-corrected chi connectivity index (χ4v) is 3.90. The van der Waals surface area contributed by atoms with Gasteiger partial charge in [0.25, 0.3) is 5.91 Å². The van der Waals surface area contributed by atoms with Crippen LogP contribution in [-0.4, -0.2) is 24.2 Å². The van der Waals surface area contributed by atoms with Gasteiger partial charge in [0.05, 0.1) is 7.11 Å². The van der Waals surface area contributed by atoms with E-state index < -0.39 is 0 Å². The van der Waals surface area contributed by atoms with Crippen molar-refractivity contribution in [3.05, 3.63) is 82.4 Å². The minimum Gasteiger partial charge on any atom is -0.497 e. The Morgan fingerprint density at radius 2 is 1.97 bits per heavy atom. The molecule has 2 aromatic carbocycles. The monoisotopic (exact) mass is 490 g/mol. The summed E-state index contributed by atoms with van der Waals surface area (Å²) < 4.78 is 15.1. The van der Waals surface area contributed by atoms with Crippen LogP contribution in [0.5, 0.6) is 5.75 Å². The van der Waals surface area contributed by atoms with Crippen LogP contribution in [0.3, 0.4) is 0 Å². The highest BCUT2D eigenvalue weighted by atomic mass is 35.5. The quantitative estimate of drug-likeness (QED) is 0.288. The Kier molecular flexibility index (Phi) is 9.61. The number of unbranched alkanes of at least 4 members (excludes halogenated alkanes) is 1. The molecule has 33 heavy (non-hydrogen) atoms. The number of carbonyl (C=O) groups is 1. The van der Waals surface area contributed by atoms with Crippen LogP contribution in [0, 0.1) is 0 Å². The molecule has 3 rings (SSSR count). The number of nitrogens with one attached hydrogen (secondary N) is 1. The predicted molar refractivity (Wildman–Crippen MR) is 130 cm³/mol. The Hall–Kier alpha value is -2.54. The molecule has 0 saturated heterocycles. The number of nitrogens with zero attached hydrogens (tertiary/aromatic N) is 2. The molecule has 0 aliphatic carbocycles. The van der Waals surface area contributed by atoms with Gasteiger partial charge in [-0.15, -0.1) is 0 Å². The van der Waals surface area contributed by atoms with Crippen LogP contribution >= 0.6 is 23.2 Å². The fourth-order valence-electron chi connectivity index (χ4n) is 3.37. The molecule has 1 N–H and O–H groups in total. The van der Waals surface area contributed by atoms with Crippen molar-refractivity contribution in [3.8, 4) is 5.75 Å². The number of hydrogen-bond acceptors (Lipinski definition) is 3. The minimum absolute atomic E-state index is 0.0648. The van der Waals surface area contributed by atoms with Crippen molar-refractivity contribution in [2.24, 2.45) is 0 Å². The van der Waals surface area contributed by atoms with Gasteiger partial charge in [0.15, 0.2) is 6.54 Å². The summed E-state index contributed by atoms with van der Waals surface area (Å²) in [5.74, 6) is 0.726. The van der Waals surface area contributed by atoms with Gasteiger partial charge in [-0.3, -0.25) is 4.79 Å². The van der Waals surface area contributed by atoms with Crippen LogP contribution in [-0.2, 0) is 29.2 Å².